The maximum Gasteiger partial charge on any atom is 0.243 e. The molecule has 0 amide bonds. The minimum absolute atomic E-state index is 0.178. The summed E-state index contributed by atoms with van der Waals surface area (Å²) >= 11 is 0. The van der Waals surface area contributed by atoms with Crippen molar-refractivity contribution < 1.29 is 8.42 Å². The van der Waals surface area contributed by atoms with Gasteiger partial charge in [-0.15, -0.1) is 15.3 Å². The molecule has 8 nitrogen and oxygen atoms in total. The summed E-state index contributed by atoms with van der Waals surface area (Å²) in [5.74, 6) is 1.97. The Bertz CT molecular complexity index is 1170. The third kappa shape index (κ3) is 4.16. The lowest BCUT2D eigenvalue weighted by atomic mass is 9.96. The van der Waals surface area contributed by atoms with E-state index in [1.165, 1.54) is 0 Å². The molecule has 4 rings (SSSR count). The van der Waals surface area contributed by atoms with E-state index in [1.54, 1.807) is 21.0 Å². The van der Waals surface area contributed by atoms with Crippen molar-refractivity contribution in [2.45, 2.75) is 50.8 Å². The standard InChI is InChI=1S/C22H30N6O2S/c1-16(2)17-6-8-18(9-7-17)31(29,30)27-14-12-26(13-15-27)20-11-10-19-23-24-21(22(3,4)5)28(19)25-20/h6-11,16H,12-15H2,1-5H3. The molecule has 0 saturated carbocycles. The summed E-state index contributed by atoms with van der Waals surface area (Å²) in [6.07, 6.45) is 0. The molecule has 9 heteroatoms. The van der Waals surface area contributed by atoms with E-state index in [0.29, 0.717) is 42.6 Å². The number of nitrogens with zero attached hydrogens (tertiary/aromatic N) is 6. The van der Waals surface area contributed by atoms with Gasteiger partial charge in [0, 0.05) is 31.6 Å². The summed E-state index contributed by atoms with van der Waals surface area (Å²) in [4.78, 5) is 2.46. The molecule has 31 heavy (non-hydrogen) atoms. The molecule has 3 heterocycles. The van der Waals surface area contributed by atoms with Crippen LogP contribution in [0.15, 0.2) is 41.3 Å². The highest BCUT2D eigenvalue weighted by molar-refractivity contribution is 7.89. The van der Waals surface area contributed by atoms with Crippen LogP contribution in [0.2, 0.25) is 0 Å². The average Bonchev–Trinajstić information content (AvgIpc) is 3.17. The van der Waals surface area contributed by atoms with Crippen molar-refractivity contribution in [3.05, 3.63) is 47.8 Å². The van der Waals surface area contributed by atoms with Crippen LogP contribution in [0.5, 0.6) is 0 Å². The van der Waals surface area contributed by atoms with Crippen LogP contribution in [0.4, 0.5) is 5.82 Å². The van der Waals surface area contributed by atoms with Gasteiger partial charge in [-0.25, -0.2) is 8.42 Å². The Balaban J connectivity index is 1.50. The zero-order valence-electron chi connectivity index (χ0n) is 18.8. The molecule has 1 aromatic carbocycles. The Labute approximate surface area is 183 Å². The predicted octanol–water partition coefficient (Wildman–Crippen LogP) is 3.06. The Hall–Kier alpha value is -2.52. The van der Waals surface area contributed by atoms with E-state index in [2.05, 4.69) is 49.7 Å². The quantitative estimate of drug-likeness (QED) is 0.618. The normalized spacial score (nSPS) is 16.4. The second-order valence-electron chi connectivity index (χ2n) is 9.35. The van der Waals surface area contributed by atoms with E-state index in [0.717, 1.165) is 17.2 Å². The van der Waals surface area contributed by atoms with Crippen LogP contribution in [0, 0.1) is 0 Å². The minimum atomic E-state index is -3.50. The molecule has 0 unspecified atom stereocenters. The molecule has 0 aliphatic carbocycles. The van der Waals surface area contributed by atoms with Gasteiger partial charge in [-0.1, -0.05) is 46.8 Å². The molecule has 1 aliphatic heterocycles. The lowest BCUT2D eigenvalue weighted by Crippen LogP contribution is -2.49. The molecule has 1 fully saturated rings. The van der Waals surface area contributed by atoms with Gasteiger partial charge < -0.3 is 4.90 Å². The lowest BCUT2D eigenvalue weighted by molar-refractivity contribution is 0.383. The van der Waals surface area contributed by atoms with Crippen molar-refractivity contribution in [2.24, 2.45) is 0 Å². The van der Waals surface area contributed by atoms with E-state index < -0.39 is 10.0 Å². The molecule has 0 radical (unpaired) electrons. The van der Waals surface area contributed by atoms with Crippen molar-refractivity contribution in [1.82, 2.24) is 24.1 Å². The number of aromatic nitrogens is 4. The zero-order chi connectivity index (χ0) is 22.4. The molecule has 0 spiro atoms. The van der Waals surface area contributed by atoms with Crippen LogP contribution in [-0.2, 0) is 15.4 Å². The molecule has 0 N–H and O–H groups in total. The molecule has 0 bridgehead atoms. The summed E-state index contributed by atoms with van der Waals surface area (Å²) in [7, 11) is -3.50. The largest absolute Gasteiger partial charge is 0.353 e. The summed E-state index contributed by atoms with van der Waals surface area (Å²) in [5, 5.41) is 13.2. The summed E-state index contributed by atoms with van der Waals surface area (Å²) in [5.41, 5.74) is 1.66. The zero-order valence-corrected chi connectivity index (χ0v) is 19.6. The monoisotopic (exact) mass is 442 g/mol. The van der Waals surface area contributed by atoms with E-state index in [-0.39, 0.29) is 5.41 Å². The SMILES string of the molecule is CC(C)c1ccc(S(=O)(=O)N2CCN(c3ccc4nnc(C(C)(C)C)n4n3)CC2)cc1. The van der Waals surface area contributed by atoms with E-state index in [9.17, 15) is 8.42 Å². The van der Waals surface area contributed by atoms with E-state index in [1.807, 2.05) is 24.3 Å². The Morgan fingerprint density at radius 3 is 2.13 bits per heavy atom. The number of piperazine rings is 1. The Kier molecular flexibility index (Phi) is 5.51. The Morgan fingerprint density at radius 1 is 0.903 bits per heavy atom. The molecule has 0 atom stereocenters. The highest BCUT2D eigenvalue weighted by Gasteiger charge is 2.29. The second-order valence-corrected chi connectivity index (χ2v) is 11.3. The third-order valence-electron chi connectivity index (χ3n) is 5.67. The number of hydrogen-bond acceptors (Lipinski definition) is 6. The molecule has 3 aromatic rings. The van der Waals surface area contributed by atoms with Crippen LogP contribution < -0.4 is 4.90 Å². The molecular weight excluding hydrogens is 412 g/mol. The van der Waals surface area contributed by atoms with Gasteiger partial charge in [0.05, 0.1) is 4.90 Å². The van der Waals surface area contributed by atoms with Crippen LogP contribution in [0.1, 0.15) is 51.9 Å². The minimum Gasteiger partial charge on any atom is -0.353 e. The molecule has 1 saturated heterocycles. The van der Waals surface area contributed by atoms with Gasteiger partial charge in [0.1, 0.15) is 5.82 Å². The second kappa shape index (κ2) is 7.87. The van der Waals surface area contributed by atoms with Gasteiger partial charge in [-0.3, -0.25) is 0 Å². The van der Waals surface area contributed by atoms with Gasteiger partial charge in [0.25, 0.3) is 0 Å². The van der Waals surface area contributed by atoms with Crippen molar-refractivity contribution >= 4 is 21.5 Å². The summed E-state index contributed by atoms with van der Waals surface area (Å²) in [6, 6.07) is 11.1. The van der Waals surface area contributed by atoms with Gasteiger partial charge >= 0.3 is 0 Å². The number of rotatable bonds is 4. The van der Waals surface area contributed by atoms with E-state index in [4.69, 9.17) is 5.10 Å². The van der Waals surface area contributed by atoms with Crippen LogP contribution in [0.25, 0.3) is 5.65 Å². The third-order valence-corrected chi connectivity index (χ3v) is 7.58. The maximum atomic E-state index is 13.1. The number of anilines is 1. The van der Waals surface area contributed by atoms with Crippen LogP contribution >= 0.6 is 0 Å². The fraction of sp³-hybridized carbons (Fsp3) is 0.500. The first-order chi connectivity index (χ1) is 14.6. The number of benzene rings is 1. The number of fused-ring (bicyclic) bond motifs is 1. The first-order valence-electron chi connectivity index (χ1n) is 10.7. The van der Waals surface area contributed by atoms with Gasteiger partial charge in [-0.05, 0) is 35.7 Å². The first kappa shape index (κ1) is 21.7. The smallest absolute Gasteiger partial charge is 0.243 e. The van der Waals surface area contributed by atoms with Crippen molar-refractivity contribution in [3.8, 4) is 0 Å². The highest BCUT2D eigenvalue weighted by atomic mass is 32.2. The fourth-order valence-electron chi connectivity index (χ4n) is 3.75. The lowest BCUT2D eigenvalue weighted by Gasteiger charge is -2.34. The predicted molar refractivity (Wildman–Crippen MR) is 121 cm³/mol. The number of hydrogen-bond donors (Lipinski definition) is 0. The van der Waals surface area contributed by atoms with Crippen LogP contribution in [-0.4, -0.2) is 58.7 Å². The highest BCUT2D eigenvalue weighted by Crippen LogP contribution is 2.24. The molecular formula is C22H30N6O2S. The molecule has 166 valence electrons. The average molecular weight is 443 g/mol. The van der Waals surface area contributed by atoms with Gasteiger partial charge in [0.15, 0.2) is 11.5 Å². The summed E-state index contributed by atoms with van der Waals surface area (Å²) < 4.78 is 29.5. The Morgan fingerprint density at radius 2 is 1.55 bits per heavy atom. The van der Waals surface area contributed by atoms with Gasteiger partial charge in [-0.2, -0.15) is 8.82 Å². The molecule has 2 aromatic heterocycles. The van der Waals surface area contributed by atoms with Crippen LogP contribution in [0.3, 0.4) is 0 Å². The first-order valence-corrected chi connectivity index (χ1v) is 12.1. The number of sulfonamides is 1. The van der Waals surface area contributed by atoms with Crippen molar-refractivity contribution in [3.63, 3.8) is 0 Å². The van der Waals surface area contributed by atoms with E-state index >= 15 is 0 Å². The van der Waals surface area contributed by atoms with Crippen molar-refractivity contribution in [1.29, 1.82) is 0 Å². The maximum absolute atomic E-state index is 13.1. The van der Waals surface area contributed by atoms with Gasteiger partial charge in [0.2, 0.25) is 10.0 Å². The summed E-state index contributed by atoms with van der Waals surface area (Å²) in [6.45, 7) is 12.4. The molecule has 1 aliphatic rings. The fourth-order valence-corrected chi connectivity index (χ4v) is 5.17. The van der Waals surface area contributed by atoms with Crippen molar-refractivity contribution in [2.75, 3.05) is 31.1 Å². The topological polar surface area (TPSA) is 83.7 Å².